The molecule has 2 heterocycles. The van der Waals surface area contributed by atoms with Crippen LogP contribution in [0.3, 0.4) is 0 Å². The lowest BCUT2D eigenvalue weighted by atomic mass is 10.2. The predicted octanol–water partition coefficient (Wildman–Crippen LogP) is 4.51. The van der Waals surface area contributed by atoms with Crippen molar-refractivity contribution in [1.29, 1.82) is 0 Å². The van der Waals surface area contributed by atoms with Gasteiger partial charge in [0.1, 0.15) is 5.75 Å². The Morgan fingerprint density at radius 1 is 1.10 bits per heavy atom. The van der Waals surface area contributed by atoms with Gasteiger partial charge in [0.25, 0.3) is 5.91 Å². The number of thiazole rings is 1. The summed E-state index contributed by atoms with van der Waals surface area (Å²) in [5, 5.41) is 3.28. The van der Waals surface area contributed by atoms with Crippen LogP contribution in [0.4, 0.5) is 5.13 Å². The van der Waals surface area contributed by atoms with Crippen molar-refractivity contribution in [3.63, 3.8) is 0 Å². The fraction of sp³-hybridized carbons (Fsp3) is 0.364. The molecule has 31 heavy (non-hydrogen) atoms. The van der Waals surface area contributed by atoms with E-state index in [1.165, 1.54) is 23.5 Å². The van der Waals surface area contributed by atoms with Gasteiger partial charge in [-0.3, -0.25) is 10.1 Å². The molecular formula is C22H25N3O4S2. The molecule has 0 unspecified atom stereocenters. The van der Waals surface area contributed by atoms with Crippen molar-refractivity contribution >= 4 is 42.6 Å². The van der Waals surface area contributed by atoms with Gasteiger partial charge in [-0.05, 0) is 62.2 Å². The van der Waals surface area contributed by atoms with E-state index in [2.05, 4.69) is 10.3 Å². The number of rotatable bonds is 6. The molecule has 164 valence electrons. The molecule has 1 aliphatic heterocycles. The molecule has 0 saturated carbocycles. The summed E-state index contributed by atoms with van der Waals surface area (Å²) in [6, 6.07) is 11.7. The maximum Gasteiger partial charge on any atom is 0.257 e. The van der Waals surface area contributed by atoms with Crippen LogP contribution < -0.4 is 10.1 Å². The maximum absolute atomic E-state index is 12.9. The molecule has 7 nitrogen and oxygen atoms in total. The number of hydrogen-bond donors (Lipinski definition) is 1. The number of carbonyl (C=O) groups excluding carboxylic acids is 1. The number of hydrogen-bond acceptors (Lipinski definition) is 6. The van der Waals surface area contributed by atoms with Gasteiger partial charge in [0, 0.05) is 18.7 Å². The smallest absolute Gasteiger partial charge is 0.257 e. The van der Waals surface area contributed by atoms with Crippen LogP contribution in [0.15, 0.2) is 47.4 Å². The molecule has 1 aliphatic rings. The van der Waals surface area contributed by atoms with E-state index in [0.29, 0.717) is 30.4 Å². The summed E-state index contributed by atoms with van der Waals surface area (Å²) in [5.74, 6) is 0.431. The molecule has 0 atom stereocenters. The van der Waals surface area contributed by atoms with Gasteiger partial charge in [-0.1, -0.05) is 24.2 Å². The summed E-state index contributed by atoms with van der Waals surface area (Å²) in [5.41, 5.74) is 1.16. The highest BCUT2D eigenvalue weighted by Gasteiger charge is 2.25. The first-order valence-electron chi connectivity index (χ1n) is 10.4. The van der Waals surface area contributed by atoms with Crippen LogP contribution in [0.25, 0.3) is 10.2 Å². The minimum absolute atomic E-state index is 0.217. The van der Waals surface area contributed by atoms with Crippen molar-refractivity contribution in [3.8, 4) is 5.75 Å². The Kier molecular flexibility index (Phi) is 6.54. The lowest BCUT2D eigenvalue weighted by Crippen LogP contribution is -2.31. The molecule has 0 bridgehead atoms. The number of benzene rings is 2. The van der Waals surface area contributed by atoms with Crippen molar-refractivity contribution < 1.29 is 17.9 Å². The summed E-state index contributed by atoms with van der Waals surface area (Å²) in [7, 11) is -3.53. The van der Waals surface area contributed by atoms with Gasteiger partial charge in [-0.15, -0.1) is 0 Å². The Hall–Kier alpha value is -2.49. The second-order valence-corrected chi connectivity index (χ2v) is 10.3. The second kappa shape index (κ2) is 9.33. The molecule has 3 aromatic rings. The number of aromatic nitrogens is 1. The normalized spacial score (nSPS) is 15.5. The number of nitrogens with one attached hydrogen (secondary N) is 1. The zero-order valence-electron chi connectivity index (χ0n) is 17.3. The van der Waals surface area contributed by atoms with Gasteiger partial charge in [0.05, 0.1) is 21.7 Å². The van der Waals surface area contributed by atoms with Crippen molar-refractivity contribution in [2.75, 3.05) is 25.0 Å². The van der Waals surface area contributed by atoms with E-state index in [1.807, 2.05) is 25.1 Å². The first-order valence-corrected chi connectivity index (χ1v) is 12.7. The average molecular weight is 460 g/mol. The van der Waals surface area contributed by atoms with Gasteiger partial charge < -0.3 is 4.74 Å². The summed E-state index contributed by atoms with van der Waals surface area (Å²) >= 11 is 1.36. The van der Waals surface area contributed by atoms with E-state index in [4.69, 9.17) is 4.74 Å². The van der Waals surface area contributed by atoms with Crippen molar-refractivity contribution in [2.45, 2.75) is 37.5 Å². The van der Waals surface area contributed by atoms with Crippen LogP contribution in [-0.2, 0) is 10.0 Å². The van der Waals surface area contributed by atoms with Crippen LogP contribution >= 0.6 is 11.3 Å². The van der Waals surface area contributed by atoms with E-state index >= 15 is 0 Å². The fourth-order valence-corrected chi connectivity index (χ4v) is 6.00. The molecule has 2 aromatic carbocycles. The standard InChI is InChI=1S/C22H25N3O4S2/c1-2-29-17-9-12-19-20(15-17)30-22(23-19)24-21(26)16-7-10-18(11-8-16)31(27,28)25-13-5-3-4-6-14-25/h7-12,15H,2-6,13-14H2,1H3,(H,23,24,26). The average Bonchev–Trinajstić information content (AvgIpc) is 2.96. The third kappa shape index (κ3) is 4.89. The molecule has 1 amide bonds. The van der Waals surface area contributed by atoms with E-state index < -0.39 is 10.0 Å². The van der Waals surface area contributed by atoms with E-state index in [-0.39, 0.29) is 10.8 Å². The largest absolute Gasteiger partial charge is 0.494 e. The highest BCUT2D eigenvalue weighted by Crippen LogP contribution is 2.29. The third-order valence-corrected chi connectivity index (χ3v) is 8.06. The van der Waals surface area contributed by atoms with Crippen molar-refractivity contribution in [1.82, 2.24) is 9.29 Å². The molecule has 1 aromatic heterocycles. The molecule has 1 fully saturated rings. The van der Waals surface area contributed by atoms with Gasteiger partial charge in [0.2, 0.25) is 10.0 Å². The zero-order chi connectivity index (χ0) is 21.8. The Bertz CT molecular complexity index is 1170. The number of carbonyl (C=O) groups is 1. The predicted molar refractivity (Wildman–Crippen MR) is 122 cm³/mol. The van der Waals surface area contributed by atoms with Crippen LogP contribution in [0, 0.1) is 0 Å². The summed E-state index contributed by atoms with van der Waals surface area (Å²) in [4.78, 5) is 17.3. The molecule has 4 rings (SSSR count). The number of sulfonamides is 1. The third-order valence-electron chi connectivity index (χ3n) is 5.21. The van der Waals surface area contributed by atoms with Crippen LogP contribution in [0.5, 0.6) is 5.75 Å². The lowest BCUT2D eigenvalue weighted by Gasteiger charge is -2.20. The first kappa shape index (κ1) is 21.7. The molecule has 0 aliphatic carbocycles. The summed E-state index contributed by atoms with van der Waals surface area (Å²) < 4.78 is 33.8. The Labute approximate surface area is 186 Å². The van der Waals surface area contributed by atoms with Gasteiger partial charge in [0.15, 0.2) is 5.13 Å². The quantitative estimate of drug-likeness (QED) is 0.586. The molecule has 0 radical (unpaired) electrons. The van der Waals surface area contributed by atoms with E-state index in [9.17, 15) is 13.2 Å². The van der Waals surface area contributed by atoms with Gasteiger partial charge in [-0.2, -0.15) is 4.31 Å². The number of anilines is 1. The number of nitrogens with zero attached hydrogens (tertiary/aromatic N) is 2. The number of ether oxygens (including phenoxy) is 1. The minimum atomic E-state index is -3.53. The maximum atomic E-state index is 12.9. The Morgan fingerprint density at radius 2 is 1.81 bits per heavy atom. The summed E-state index contributed by atoms with van der Waals surface area (Å²) in [6.07, 6.45) is 3.88. The Morgan fingerprint density at radius 3 is 2.48 bits per heavy atom. The van der Waals surface area contributed by atoms with Crippen LogP contribution in [0.2, 0.25) is 0 Å². The highest BCUT2D eigenvalue weighted by atomic mass is 32.2. The van der Waals surface area contributed by atoms with E-state index in [1.54, 1.807) is 16.4 Å². The van der Waals surface area contributed by atoms with Gasteiger partial charge >= 0.3 is 0 Å². The topological polar surface area (TPSA) is 88.6 Å². The summed E-state index contributed by atoms with van der Waals surface area (Å²) in [6.45, 7) is 3.60. The van der Waals surface area contributed by atoms with Crippen molar-refractivity contribution in [2.24, 2.45) is 0 Å². The molecule has 1 N–H and O–H groups in total. The molecule has 1 saturated heterocycles. The number of fused-ring (bicyclic) bond motifs is 1. The van der Waals surface area contributed by atoms with Crippen LogP contribution in [0.1, 0.15) is 43.0 Å². The van der Waals surface area contributed by atoms with Crippen molar-refractivity contribution in [3.05, 3.63) is 48.0 Å². The highest BCUT2D eigenvalue weighted by molar-refractivity contribution is 7.89. The molecule has 9 heteroatoms. The lowest BCUT2D eigenvalue weighted by molar-refractivity contribution is 0.102. The monoisotopic (exact) mass is 459 g/mol. The first-order chi connectivity index (χ1) is 15.0. The van der Waals surface area contributed by atoms with Crippen LogP contribution in [-0.4, -0.2) is 43.3 Å². The Balaban J connectivity index is 1.47. The zero-order valence-corrected chi connectivity index (χ0v) is 19.0. The fourth-order valence-electron chi connectivity index (χ4n) is 3.59. The van der Waals surface area contributed by atoms with Gasteiger partial charge in [-0.25, -0.2) is 13.4 Å². The number of amides is 1. The SMILES string of the molecule is CCOc1ccc2nc(NC(=O)c3ccc(S(=O)(=O)N4CCCCCC4)cc3)sc2c1. The molecular weight excluding hydrogens is 434 g/mol. The second-order valence-electron chi connectivity index (χ2n) is 7.38. The minimum Gasteiger partial charge on any atom is -0.494 e. The molecule has 0 spiro atoms. The van der Waals surface area contributed by atoms with E-state index in [0.717, 1.165) is 41.6 Å².